The first-order valence-electron chi connectivity index (χ1n) is 9.24. The van der Waals surface area contributed by atoms with E-state index in [4.69, 9.17) is 4.42 Å². The van der Waals surface area contributed by atoms with Crippen molar-refractivity contribution in [2.75, 3.05) is 6.54 Å². The molecule has 1 saturated heterocycles. The number of likely N-dealkylation sites (tertiary alicyclic amines) is 1. The molecule has 0 radical (unpaired) electrons. The largest absolute Gasteiger partial charge is 0.508 e. The predicted molar refractivity (Wildman–Crippen MR) is 93.6 cm³/mol. The lowest BCUT2D eigenvalue weighted by atomic mass is 9.95. The van der Waals surface area contributed by atoms with E-state index in [2.05, 4.69) is 4.98 Å². The fourth-order valence-electron chi connectivity index (χ4n) is 3.75. The van der Waals surface area contributed by atoms with Gasteiger partial charge in [-0.05, 0) is 62.6 Å². The van der Waals surface area contributed by atoms with Crippen LogP contribution in [0.15, 0.2) is 35.1 Å². The SMILES string of the molecule is O=C(c1ncoc1C1CC1)N1CCCCC1CCc1ccc(O)cc1. The van der Waals surface area contributed by atoms with Gasteiger partial charge >= 0.3 is 0 Å². The molecule has 4 rings (SSSR count). The lowest BCUT2D eigenvalue weighted by molar-refractivity contribution is 0.0594. The molecule has 0 spiro atoms. The van der Waals surface area contributed by atoms with Gasteiger partial charge in [0.15, 0.2) is 12.1 Å². The van der Waals surface area contributed by atoms with Crippen molar-refractivity contribution in [1.29, 1.82) is 0 Å². The highest BCUT2D eigenvalue weighted by Crippen LogP contribution is 2.42. The van der Waals surface area contributed by atoms with Crippen LogP contribution in [-0.2, 0) is 6.42 Å². The molecule has 25 heavy (non-hydrogen) atoms. The monoisotopic (exact) mass is 340 g/mol. The number of phenolic OH excluding ortho intramolecular Hbond substituents is 1. The van der Waals surface area contributed by atoms with Crippen molar-refractivity contribution < 1.29 is 14.3 Å². The molecule has 1 unspecified atom stereocenters. The van der Waals surface area contributed by atoms with Crippen molar-refractivity contribution in [3.05, 3.63) is 47.7 Å². The molecular weight excluding hydrogens is 316 g/mol. The molecule has 2 aromatic rings. The number of nitrogens with zero attached hydrogens (tertiary/aromatic N) is 2. The van der Waals surface area contributed by atoms with Crippen molar-refractivity contribution in [3.63, 3.8) is 0 Å². The average molecular weight is 340 g/mol. The van der Waals surface area contributed by atoms with Crippen LogP contribution in [0.3, 0.4) is 0 Å². The molecule has 0 bridgehead atoms. The molecule has 1 amide bonds. The van der Waals surface area contributed by atoms with Gasteiger partial charge in [0.2, 0.25) is 0 Å². The van der Waals surface area contributed by atoms with Gasteiger partial charge < -0.3 is 14.4 Å². The molecule has 2 fully saturated rings. The van der Waals surface area contributed by atoms with E-state index in [9.17, 15) is 9.90 Å². The summed E-state index contributed by atoms with van der Waals surface area (Å²) < 4.78 is 5.49. The highest BCUT2D eigenvalue weighted by molar-refractivity contribution is 5.93. The summed E-state index contributed by atoms with van der Waals surface area (Å²) in [5, 5.41) is 9.40. The number of aryl methyl sites for hydroxylation is 1. The smallest absolute Gasteiger partial charge is 0.276 e. The van der Waals surface area contributed by atoms with E-state index in [1.165, 1.54) is 18.4 Å². The zero-order valence-corrected chi connectivity index (χ0v) is 14.4. The molecule has 2 aliphatic rings. The van der Waals surface area contributed by atoms with E-state index in [0.29, 0.717) is 11.6 Å². The molecule has 1 aliphatic carbocycles. The van der Waals surface area contributed by atoms with Gasteiger partial charge in [-0.15, -0.1) is 0 Å². The summed E-state index contributed by atoms with van der Waals surface area (Å²) in [6.45, 7) is 0.802. The summed E-state index contributed by atoms with van der Waals surface area (Å²) >= 11 is 0. The van der Waals surface area contributed by atoms with E-state index in [1.807, 2.05) is 17.0 Å². The van der Waals surface area contributed by atoms with E-state index in [1.54, 1.807) is 12.1 Å². The Labute approximate surface area is 147 Å². The maximum atomic E-state index is 13.1. The Morgan fingerprint density at radius 1 is 1.20 bits per heavy atom. The average Bonchev–Trinajstić information content (AvgIpc) is 3.37. The van der Waals surface area contributed by atoms with Gasteiger partial charge in [0.1, 0.15) is 11.5 Å². The fourth-order valence-corrected chi connectivity index (χ4v) is 3.75. The second kappa shape index (κ2) is 6.90. The highest BCUT2D eigenvalue weighted by Gasteiger charge is 2.36. The molecule has 1 aliphatic heterocycles. The third-order valence-electron chi connectivity index (χ3n) is 5.34. The number of aromatic hydroxyl groups is 1. The van der Waals surface area contributed by atoms with E-state index >= 15 is 0 Å². The number of phenols is 1. The number of benzene rings is 1. The lowest BCUT2D eigenvalue weighted by Crippen LogP contribution is -2.44. The standard InChI is InChI=1S/C20H24N2O3/c23-17-10-5-14(6-11-17)4-9-16-3-1-2-12-22(16)20(24)18-19(15-7-8-15)25-13-21-18/h5-6,10-11,13,15-16,23H,1-4,7-9,12H2. The number of rotatable bonds is 5. The van der Waals surface area contributed by atoms with Crippen molar-refractivity contribution in [2.24, 2.45) is 0 Å². The number of carbonyl (C=O) groups excluding carboxylic acids is 1. The molecular formula is C20H24N2O3. The number of aromatic nitrogens is 1. The second-order valence-electron chi connectivity index (χ2n) is 7.19. The van der Waals surface area contributed by atoms with Crippen LogP contribution in [0.25, 0.3) is 0 Å². The van der Waals surface area contributed by atoms with Crippen molar-refractivity contribution in [1.82, 2.24) is 9.88 Å². The quantitative estimate of drug-likeness (QED) is 0.897. The maximum absolute atomic E-state index is 13.1. The Balaban J connectivity index is 1.45. The summed E-state index contributed by atoms with van der Waals surface area (Å²) in [5.74, 6) is 1.50. The van der Waals surface area contributed by atoms with Crippen LogP contribution in [0.1, 0.15) is 66.3 Å². The first-order valence-corrected chi connectivity index (χ1v) is 9.24. The maximum Gasteiger partial charge on any atom is 0.276 e. The van der Waals surface area contributed by atoms with Crippen molar-refractivity contribution in [2.45, 2.75) is 56.9 Å². The topological polar surface area (TPSA) is 66.6 Å². The Bertz CT molecular complexity index is 734. The van der Waals surface area contributed by atoms with Gasteiger partial charge in [-0.2, -0.15) is 0 Å². The summed E-state index contributed by atoms with van der Waals surface area (Å²) in [7, 11) is 0. The molecule has 2 heterocycles. The van der Waals surface area contributed by atoms with Crippen LogP contribution in [0, 0.1) is 0 Å². The molecule has 5 nitrogen and oxygen atoms in total. The fraction of sp³-hybridized carbons (Fsp3) is 0.500. The van der Waals surface area contributed by atoms with Gasteiger partial charge in [-0.1, -0.05) is 12.1 Å². The number of hydrogen-bond donors (Lipinski definition) is 1. The van der Waals surface area contributed by atoms with Crippen LogP contribution in [0.2, 0.25) is 0 Å². The first kappa shape index (κ1) is 16.2. The number of oxazole rings is 1. The molecule has 1 aromatic carbocycles. The summed E-state index contributed by atoms with van der Waals surface area (Å²) in [5.41, 5.74) is 1.72. The van der Waals surface area contributed by atoms with Crippen molar-refractivity contribution in [3.8, 4) is 5.75 Å². The molecule has 132 valence electrons. The normalized spacial score (nSPS) is 20.6. The van der Waals surface area contributed by atoms with Gasteiger partial charge in [0.25, 0.3) is 5.91 Å². The predicted octanol–water partition coefficient (Wildman–Crippen LogP) is 3.89. The van der Waals surface area contributed by atoms with E-state index < -0.39 is 0 Å². The summed E-state index contributed by atoms with van der Waals surface area (Å²) in [6, 6.07) is 7.59. The van der Waals surface area contributed by atoms with Crippen LogP contribution in [0.4, 0.5) is 0 Å². The molecule has 1 aromatic heterocycles. The zero-order chi connectivity index (χ0) is 17.2. The van der Waals surface area contributed by atoms with Crippen LogP contribution >= 0.6 is 0 Å². The zero-order valence-electron chi connectivity index (χ0n) is 14.4. The third kappa shape index (κ3) is 3.55. The molecule has 1 N–H and O–H groups in total. The summed E-state index contributed by atoms with van der Waals surface area (Å²) in [6.07, 6.45) is 8.71. The Morgan fingerprint density at radius 2 is 2.00 bits per heavy atom. The third-order valence-corrected chi connectivity index (χ3v) is 5.34. The summed E-state index contributed by atoms with van der Waals surface area (Å²) in [4.78, 5) is 19.3. The number of carbonyl (C=O) groups is 1. The first-order chi connectivity index (χ1) is 12.2. The van der Waals surface area contributed by atoms with Gasteiger partial charge in [-0.25, -0.2) is 4.98 Å². The number of amides is 1. The van der Waals surface area contributed by atoms with E-state index in [-0.39, 0.29) is 17.7 Å². The number of piperidine rings is 1. The van der Waals surface area contributed by atoms with Crippen LogP contribution in [0.5, 0.6) is 5.75 Å². The van der Waals surface area contributed by atoms with Gasteiger partial charge in [-0.3, -0.25) is 4.79 Å². The van der Waals surface area contributed by atoms with Crippen molar-refractivity contribution >= 4 is 5.91 Å². The Morgan fingerprint density at radius 3 is 2.76 bits per heavy atom. The lowest BCUT2D eigenvalue weighted by Gasteiger charge is -2.35. The second-order valence-corrected chi connectivity index (χ2v) is 7.19. The van der Waals surface area contributed by atoms with Gasteiger partial charge in [0.05, 0.1) is 0 Å². The van der Waals surface area contributed by atoms with E-state index in [0.717, 1.165) is 50.8 Å². The number of hydrogen-bond acceptors (Lipinski definition) is 4. The molecule has 1 saturated carbocycles. The Kier molecular flexibility index (Phi) is 4.47. The van der Waals surface area contributed by atoms with Crippen LogP contribution in [-0.4, -0.2) is 33.5 Å². The van der Waals surface area contributed by atoms with Gasteiger partial charge in [0, 0.05) is 18.5 Å². The molecule has 1 atom stereocenters. The minimum atomic E-state index is 0.0334. The minimum Gasteiger partial charge on any atom is -0.508 e. The minimum absolute atomic E-state index is 0.0334. The molecule has 5 heteroatoms. The highest BCUT2D eigenvalue weighted by atomic mass is 16.3. The van der Waals surface area contributed by atoms with Crippen LogP contribution < -0.4 is 0 Å². The Hall–Kier alpha value is -2.30.